The van der Waals surface area contributed by atoms with Crippen molar-refractivity contribution >= 4 is 22.5 Å². The molecule has 0 fully saturated rings. The highest BCUT2D eigenvalue weighted by molar-refractivity contribution is 5.91. The summed E-state index contributed by atoms with van der Waals surface area (Å²) in [5.74, 6) is 0.0309. The number of hydrogen-bond acceptors (Lipinski definition) is 1. The van der Waals surface area contributed by atoms with E-state index in [1.165, 1.54) is 5.39 Å². The highest BCUT2D eigenvalue weighted by Gasteiger charge is 2.04. The zero-order chi connectivity index (χ0) is 13.9. The van der Waals surface area contributed by atoms with Crippen LogP contribution in [0.1, 0.15) is 13.3 Å². The summed E-state index contributed by atoms with van der Waals surface area (Å²) in [6, 6.07) is 18.2. The van der Waals surface area contributed by atoms with Crippen LogP contribution in [0.5, 0.6) is 0 Å². The molecule has 1 heterocycles. The van der Waals surface area contributed by atoms with E-state index in [-0.39, 0.29) is 5.91 Å². The Kier molecular flexibility index (Phi) is 3.25. The maximum atomic E-state index is 11.3. The van der Waals surface area contributed by atoms with Gasteiger partial charge < -0.3 is 10.3 Å². The van der Waals surface area contributed by atoms with Crippen LogP contribution >= 0.6 is 0 Å². The SMILES string of the molecule is CCC(=O)Nc1ccc(-c2cc3ccccc3[nH]2)cc1. The van der Waals surface area contributed by atoms with Crippen molar-refractivity contribution in [3.05, 3.63) is 54.6 Å². The van der Waals surface area contributed by atoms with Crippen molar-refractivity contribution in [1.82, 2.24) is 4.98 Å². The first-order valence-corrected chi connectivity index (χ1v) is 6.74. The van der Waals surface area contributed by atoms with E-state index in [0.29, 0.717) is 6.42 Å². The van der Waals surface area contributed by atoms with Gasteiger partial charge in [0, 0.05) is 28.7 Å². The van der Waals surface area contributed by atoms with E-state index in [4.69, 9.17) is 0 Å². The van der Waals surface area contributed by atoms with Gasteiger partial charge in [0.1, 0.15) is 0 Å². The van der Waals surface area contributed by atoms with Crippen LogP contribution in [0, 0.1) is 0 Å². The Morgan fingerprint density at radius 3 is 2.55 bits per heavy atom. The molecule has 0 atom stereocenters. The molecule has 0 saturated heterocycles. The second-order valence-electron chi connectivity index (χ2n) is 4.75. The summed E-state index contributed by atoms with van der Waals surface area (Å²) in [5, 5.41) is 4.05. The molecular weight excluding hydrogens is 248 g/mol. The molecule has 1 amide bonds. The first kappa shape index (κ1) is 12.5. The molecule has 0 aliphatic rings. The molecule has 0 aliphatic heterocycles. The standard InChI is InChI=1S/C17H16N2O/c1-2-17(20)18-14-9-7-12(8-10-14)16-11-13-5-3-4-6-15(13)19-16/h3-11,19H,2H2,1H3,(H,18,20). The molecule has 20 heavy (non-hydrogen) atoms. The second kappa shape index (κ2) is 5.21. The molecule has 1 aromatic heterocycles. The minimum atomic E-state index is 0.0309. The predicted molar refractivity (Wildman–Crippen MR) is 82.7 cm³/mol. The number of amides is 1. The zero-order valence-corrected chi connectivity index (χ0v) is 11.3. The van der Waals surface area contributed by atoms with Crippen LogP contribution < -0.4 is 5.32 Å². The van der Waals surface area contributed by atoms with E-state index in [0.717, 1.165) is 22.5 Å². The van der Waals surface area contributed by atoms with Gasteiger partial charge in [-0.15, -0.1) is 0 Å². The number of para-hydroxylation sites is 1. The molecule has 2 aromatic carbocycles. The highest BCUT2D eigenvalue weighted by Crippen LogP contribution is 2.25. The smallest absolute Gasteiger partial charge is 0.224 e. The molecule has 0 aliphatic carbocycles. The van der Waals surface area contributed by atoms with Crippen LogP contribution in [0.2, 0.25) is 0 Å². The summed E-state index contributed by atoms with van der Waals surface area (Å²) in [6.07, 6.45) is 0.490. The van der Waals surface area contributed by atoms with Gasteiger partial charge in [0.15, 0.2) is 0 Å². The Bertz CT molecular complexity index is 708. The molecule has 0 unspecified atom stereocenters. The molecule has 3 rings (SSSR count). The lowest BCUT2D eigenvalue weighted by Crippen LogP contribution is -2.08. The fourth-order valence-corrected chi connectivity index (χ4v) is 2.21. The van der Waals surface area contributed by atoms with Gasteiger partial charge >= 0.3 is 0 Å². The number of aromatic nitrogens is 1. The lowest BCUT2D eigenvalue weighted by atomic mass is 10.1. The third-order valence-electron chi connectivity index (χ3n) is 3.33. The number of anilines is 1. The molecule has 0 saturated carbocycles. The summed E-state index contributed by atoms with van der Waals surface area (Å²) < 4.78 is 0. The van der Waals surface area contributed by atoms with E-state index in [9.17, 15) is 4.79 Å². The summed E-state index contributed by atoms with van der Waals surface area (Å²) in [6.45, 7) is 1.84. The third-order valence-corrected chi connectivity index (χ3v) is 3.33. The van der Waals surface area contributed by atoms with Gasteiger partial charge in [0.05, 0.1) is 0 Å². The number of hydrogen-bond donors (Lipinski definition) is 2. The van der Waals surface area contributed by atoms with Gasteiger partial charge in [-0.1, -0.05) is 37.3 Å². The monoisotopic (exact) mass is 264 g/mol. The largest absolute Gasteiger partial charge is 0.355 e. The summed E-state index contributed by atoms with van der Waals surface area (Å²) in [5.41, 5.74) is 4.15. The lowest BCUT2D eigenvalue weighted by molar-refractivity contribution is -0.115. The number of carbonyl (C=O) groups excluding carboxylic acids is 1. The molecule has 3 nitrogen and oxygen atoms in total. The number of H-pyrrole nitrogens is 1. The second-order valence-corrected chi connectivity index (χ2v) is 4.75. The predicted octanol–water partition coefficient (Wildman–Crippen LogP) is 4.18. The van der Waals surface area contributed by atoms with Crippen molar-refractivity contribution in [3.8, 4) is 11.3 Å². The molecule has 0 spiro atoms. The van der Waals surface area contributed by atoms with Gasteiger partial charge in [-0.25, -0.2) is 0 Å². The molecular formula is C17H16N2O. The fraction of sp³-hybridized carbons (Fsp3) is 0.118. The highest BCUT2D eigenvalue weighted by atomic mass is 16.1. The maximum Gasteiger partial charge on any atom is 0.224 e. The molecule has 3 heteroatoms. The molecule has 3 aromatic rings. The number of aromatic amines is 1. The minimum absolute atomic E-state index is 0.0309. The van der Waals surface area contributed by atoms with Crippen LogP contribution in [0.25, 0.3) is 22.2 Å². The fourth-order valence-electron chi connectivity index (χ4n) is 2.21. The van der Waals surface area contributed by atoms with Crippen LogP contribution in [0.4, 0.5) is 5.69 Å². The third kappa shape index (κ3) is 2.43. The Hall–Kier alpha value is -2.55. The molecule has 0 radical (unpaired) electrons. The number of fused-ring (bicyclic) bond motifs is 1. The number of nitrogens with one attached hydrogen (secondary N) is 2. The van der Waals surface area contributed by atoms with Gasteiger partial charge in [0.25, 0.3) is 0 Å². The first-order chi connectivity index (χ1) is 9.76. The summed E-state index contributed by atoms with van der Waals surface area (Å²) in [4.78, 5) is 14.7. The van der Waals surface area contributed by atoms with Crippen LogP contribution in [0.3, 0.4) is 0 Å². The summed E-state index contributed by atoms with van der Waals surface area (Å²) in [7, 11) is 0. The van der Waals surface area contributed by atoms with Crippen molar-refractivity contribution in [2.45, 2.75) is 13.3 Å². The van der Waals surface area contributed by atoms with E-state index in [1.807, 2.05) is 43.3 Å². The topological polar surface area (TPSA) is 44.9 Å². The first-order valence-electron chi connectivity index (χ1n) is 6.74. The minimum Gasteiger partial charge on any atom is -0.355 e. The Balaban J connectivity index is 1.88. The van der Waals surface area contributed by atoms with Crippen molar-refractivity contribution in [2.24, 2.45) is 0 Å². The number of carbonyl (C=O) groups is 1. The molecule has 2 N–H and O–H groups in total. The lowest BCUT2D eigenvalue weighted by Gasteiger charge is -2.04. The van der Waals surface area contributed by atoms with E-state index < -0.39 is 0 Å². The van der Waals surface area contributed by atoms with Crippen molar-refractivity contribution < 1.29 is 4.79 Å². The Labute approximate surface area is 117 Å². The van der Waals surface area contributed by atoms with Crippen molar-refractivity contribution in [2.75, 3.05) is 5.32 Å². The van der Waals surface area contributed by atoms with Gasteiger partial charge in [-0.2, -0.15) is 0 Å². The molecule has 0 bridgehead atoms. The van der Waals surface area contributed by atoms with Crippen LogP contribution in [0.15, 0.2) is 54.6 Å². The number of rotatable bonds is 3. The number of benzene rings is 2. The normalized spacial score (nSPS) is 10.7. The van der Waals surface area contributed by atoms with Gasteiger partial charge in [-0.3, -0.25) is 4.79 Å². The zero-order valence-electron chi connectivity index (χ0n) is 11.3. The summed E-state index contributed by atoms with van der Waals surface area (Å²) >= 11 is 0. The van der Waals surface area contributed by atoms with Crippen LogP contribution in [-0.4, -0.2) is 10.9 Å². The van der Waals surface area contributed by atoms with Crippen LogP contribution in [-0.2, 0) is 4.79 Å². The van der Waals surface area contributed by atoms with E-state index >= 15 is 0 Å². The van der Waals surface area contributed by atoms with Gasteiger partial charge in [-0.05, 0) is 29.8 Å². The Morgan fingerprint density at radius 2 is 1.85 bits per heavy atom. The van der Waals surface area contributed by atoms with E-state index in [2.05, 4.69) is 28.5 Å². The van der Waals surface area contributed by atoms with Crippen molar-refractivity contribution in [3.63, 3.8) is 0 Å². The van der Waals surface area contributed by atoms with Gasteiger partial charge in [0.2, 0.25) is 5.91 Å². The molecule has 100 valence electrons. The Morgan fingerprint density at radius 1 is 1.10 bits per heavy atom. The van der Waals surface area contributed by atoms with Crippen molar-refractivity contribution in [1.29, 1.82) is 0 Å². The van der Waals surface area contributed by atoms with E-state index in [1.54, 1.807) is 0 Å². The average molecular weight is 264 g/mol. The quantitative estimate of drug-likeness (QED) is 0.732. The average Bonchev–Trinajstić information content (AvgIpc) is 2.91. The maximum absolute atomic E-state index is 11.3.